The van der Waals surface area contributed by atoms with Crippen molar-refractivity contribution in [3.05, 3.63) is 48.2 Å². The van der Waals surface area contributed by atoms with Gasteiger partial charge < -0.3 is 14.6 Å². The summed E-state index contributed by atoms with van der Waals surface area (Å²) in [7, 11) is 0. The van der Waals surface area contributed by atoms with Gasteiger partial charge in [-0.15, -0.1) is 0 Å². The normalized spacial score (nSPS) is 14.0. The molecule has 0 aliphatic carbocycles. The maximum atomic E-state index is 13.5. The highest BCUT2D eigenvalue weighted by atomic mass is 19.4. The van der Waals surface area contributed by atoms with E-state index in [1.165, 1.54) is 6.07 Å². The van der Waals surface area contributed by atoms with Crippen LogP contribution in [0.1, 0.15) is 12.1 Å². The summed E-state index contributed by atoms with van der Waals surface area (Å²) in [5.41, 5.74) is -0.658. The number of nitrogens with one attached hydrogen (secondary N) is 1. The van der Waals surface area contributed by atoms with Gasteiger partial charge in [0.25, 0.3) is 0 Å². The van der Waals surface area contributed by atoms with Crippen LogP contribution in [-0.2, 0) is 6.18 Å². The first-order chi connectivity index (χ1) is 13.0. The maximum Gasteiger partial charge on any atom is 0.433 e. The van der Waals surface area contributed by atoms with Gasteiger partial charge in [0.1, 0.15) is 11.4 Å². The minimum absolute atomic E-state index is 0.0123. The molecule has 1 aromatic heterocycles. The van der Waals surface area contributed by atoms with E-state index in [9.17, 15) is 18.3 Å². The van der Waals surface area contributed by atoms with Gasteiger partial charge >= 0.3 is 6.18 Å². The number of aromatic hydroxyl groups is 1. The summed E-state index contributed by atoms with van der Waals surface area (Å²) in [6.07, 6.45) is -3.99. The van der Waals surface area contributed by atoms with Crippen molar-refractivity contribution in [1.29, 1.82) is 0 Å². The smallest absolute Gasteiger partial charge is 0.433 e. The van der Waals surface area contributed by atoms with Crippen molar-refractivity contribution >= 4 is 0 Å². The lowest BCUT2D eigenvalue weighted by Gasteiger charge is -2.13. The third kappa shape index (κ3) is 3.07. The van der Waals surface area contributed by atoms with E-state index >= 15 is 0 Å². The predicted molar refractivity (Wildman–Crippen MR) is 91.7 cm³/mol. The number of nitrogens with zero attached hydrogens (tertiary/aromatic N) is 1. The number of phenols is 1. The zero-order valence-corrected chi connectivity index (χ0v) is 14.0. The SMILES string of the molecule is Oc1c(-c2n[nH]c(C(F)(F)F)c2-c2ccccc2)ccc2c1OCCCO2. The van der Waals surface area contributed by atoms with E-state index in [1.807, 2.05) is 0 Å². The maximum absolute atomic E-state index is 13.5. The molecule has 0 saturated heterocycles. The van der Waals surface area contributed by atoms with E-state index < -0.39 is 11.9 Å². The van der Waals surface area contributed by atoms with E-state index in [-0.39, 0.29) is 28.3 Å². The van der Waals surface area contributed by atoms with Gasteiger partial charge in [0, 0.05) is 17.5 Å². The second kappa shape index (κ2) is 6.53. The highest BCUT2D eigenvalue weighted by Gasteiger charge is 2.38. The molecule has 140 valence electrons. The van der Waals surface area contributed by atoms with E-state index in [0.717, 1.165) is 0 Å². The Labute approximate surface area is 152 Å². The number of benzene rings is 2. The third-order valence-corrected chi connectivity index (χ3v) is 4.26. The van der Waals surface area contributed by atoms with Gasteiger partial charge in [0.05, 0.1) is 13.2 Å². The fraction of sp³-hybridized carbons (Fsp3) is 0.211. The lowest BCUT2D eigenvalue weighted by molar-refractivity contribution is -0.140. The molecule has 0 radical (unpaired) electrons. The first kappa shape index (κ1) is 17.3. The minimum Gasteiger partial charge on any atom is -0.504 e. The molecule has 2 N–H and O–H groups in total. The predicted octanol–water partition coefficient (Wildman–Crippen LogP) is 4.63. The third-order valence-electron chi connectivity index (χ3n) is 4.26. The second-order valence-electron chi connectivity index (χ2n) is 6.03. The molecule has 8 heteroatoms. The van der Waals surface area contributed by atoms with Crippen LogP contribution in [-0.4, -0.2) is 28.5 Å². The molecule has 0 spiro atoms. The van der Waals surface area contributed by atoms with Gasteiger partial charge in [-0.25, -0.2) is 0 Å². The van der Waals surface area contributed by atoms with Crippen LogP contribution in [0.3, 0.4) is 0 Å². The lowest BCUT2D eigenvalue weighted by atomic mass is 9.98. The van der Waals surface area contributed by atoms with Crippen LogP contribution in [0.15, 0.2) is 42.5 Å². The Morgan fingerprint density at radius 1 is 1.00 bits per heavy atom. The Balaban J connectivity index is 1.93. The van der Waals surface area contributed by atoms with Crippen LogP contribution in [0.5, 0.6) is 17.2 Å². The summed E-state index contributed by atoms with van der Waals surface area (Å²) in [6, 6.07) is 11.1. The number of hydrogen-bond donors (Lipinski definition) is 2. The van der Waals surface area contributed by atoms with Crippen LogP contribution < -0.4 is 9.47 Å². The molecule has 2 heterocycles. The molecule has 0 bridgehead atoms. The van der Waals surface area contributed by atoms with E-state index in [4.69, 9.17) is 9.47 Å². The largest absolute Gasteiger partial charge is 0.504 e. The number of halogens is 3. The number of rotatable bonds is 2. The van der Waals surface area contributed by atoms with Crippen molar-refractivity contribution in [3.63, 3.8) is 0 Å². The number of phenolic OH excluding ortho intramolecular Hbond substituents is 1. The summed E-state index contributed by atoms with van der Waals surface area (Å²) in [6.45, 7) is 0.769. The van der Waals surface area contributed by atoms with Crippen molar-refractivity contribution in [2.45, 2.75) is 12.6 Å². The fourth-order valence-corrected chi connectivity index (χ4v) is 3.04. The molecule has 5 nitrogen and oxygen atoms in total. The first-order valence-corrected chi connectivity index (χ1v) is 8.29. The van der Waals surface area contributed by atoms with E-state index in [2.05, 4.69) is 10.2 Å². The van der Waals surface area contributed by atoms with Crippen LogP contribution in [0.4, 0.5) is 13.2 Å². The van der Waals surface area contributed by atoms with Crippen molar-refractivity contribution in [1.82, 2.24) is 10.2 Å². The summed E-state index contributed by atoms with van der Waals surface area (Å²) >= 11 is 0. The number of hydrogen-bond acceptors (Lipinski definition) is 4. The van der Waals surface area contributed by atoms with Gasteiger partial charge in [-0.3, -0.25) is 5.10 Å². The number of aromatic amines is 1. The highest BCUT2D eigenvalue weighted by Crippen LogP contribution is 2.48. The van der Waals surface area contributed by atoms with Gasteiger partial charge in [0.2, 0.25) is 5.75 Å². The monoisotopic (exact) mass is 376 g/mol. The molecular formula is C19H15F3N2O3. The Kier molecular flexibility index (Phi) is 4.18. The molecule has 0 saturated carbocycles. The number of alkyl halides is 3. The quantitative estimate of drug-likeness (QED) is 0.684. The van der Waals surface area contributed by atoms with Crippen LogP contribution in [0.2, 0.25) is 0 Å². The molecule has 27 heavy (non-hydrogen) atoms. The van der Waals surface area contributed by atoms with Gasteiger partial charge in [-0.2, -0.15) is 18.3 Å². The standard InChI is InChI=1S/C19H15F3N2O3/c20-19(21,22)18-14(11-5-2-1-3-6-11)15(23-24-18)12-7-8-13-17(16(12)25)27-10-4-9-26-13/h1-3,5-8,25H,4,9-10H2,(H,23,24). The zero-order chi connectivity index (χ0) is 19.0. The molecule has 3 aromatic rings. The number of ether oxygens (including phenoxy) is 2. The molecule has 1 aliphatic rings. The molecule has 0 amide bonds. The molecular weight excluding hydrogens is 361 g/mol. The summed E-state index contributed by atoms with van der Waals surface area (Å²) in [5.74, 6) is 0.161. The average molecular weight is 376 g/mol. The Morgan fingerprint density at radius 3 is 2.48 bits per heavy atom. The Hall–Kier alpha value is -3.16. The van der Waals surface area contributed by atoms with Gasteiger partial charge in [0.15, 0.2) is 11.5 Å². The van der Waals surface area contributed by atoms with E-state index in [0.29, 0.717) is 30.9 Å². The second-order valence-corrected chi connectivity index (χ2v) is 6.03. The molecule has 2 aromatic carbocycles. The minimum atomic E-state index is -4.63. The molecule has 4 rings (SSSR count). The van der Waals surface area contributed by atoms with Crippen molar-refractivity contribution < 1.29 is 27.8 Å². The Bertz CT molecular complexity index is 968. The Morgan fingerprint density at radius 2 is 1.74 bits per heavy atom. The van der Waals surface area contributed by atoms with E-state index in [1.54, 1.807) is 36.4 Å². The molecule has 0 atom stereocenters. The number of fused-ring (bicyclic) bond motifs is 1. The average Bonchev–Trinajstić information content (AvgIpc) is 2.95. The van der Waals surface area contributed by atoms with Crippen LogP contribution in [0, 0.1) is 0 Å². The van der Waals surface area contributed by atoms with Crippen molar-refractivity contribution in [2.75, 3.05) is 13.2 Å². The van der Waals surface area contributed by atoms with Crippen molar-refractivity contribution in [3.8, 4) is 39.6 Å². The fourth-order valence-electron chi connectivity index (χ4n) is 3.04. The zero-order valence-electron chi connectivity index (χ0n) is 14.0. The number of H-pyrrole nitrogens is 1. The summed E-state index contributed by atoms with van der Waals surface area (Å²) < 4.78 is 51.6. The highest BCUT2D eigenvalue weighted by molar-refractivity contribution is 5.87. The molecule has 0 unspecified atom stereocenters. The van der Waals surface area contributed by atoms with Gasteiger partial charge in [-0.05, 0) is 17.7 Å². The topological polar surface area (TPSA) is 67.4 Å². The summed E-state index contributed by atoms with van der Waals surface area (Å²) in [4.78, 5) is 0. The lowest BCUT2D eigenvalue weighted by Crippen LogP contribution is -2.07. The first-order valence-electron chi connectivity index (χ1n) is 8.29. The summed E-state index contributed by atoms with van der Waals surface area (Å²) in [5, 5.41) is 16.6. The van der Waals surface area contributed by atoms with Crippen LogP contribution in [0.25, 0.3) is 22.4 Å². The van der Waals surface area contributed by atoms with Gasteiger partial charge in [-0.1, -0.05) is 30.3 Å². The molecule has 0 fully saturated rings. The van der Waals surface area contributed by atoms with Crippen LogP contribution >= 0.6 is 0 Å². The molecule has 1 aliphatic heterocycles. The van der Waals surface area contributed by atoms with Crippen molar-refractivity contribution in [2.24, 2.45) is 0 Å². The number of aromatic nitrogens is 2.